The molecule has 0 bridgehead atoms. The molecule has 5 heteroatoms. The van der Waals surface area contributed by atoms with Crippen LogP contribution in [-0.4, -0.2) is 30.1 Å². The first-order chi connectivity index (χ1) is 15.3. The van der Waals surface area contributed by atoms with Crippen molar-refractivity contribution in [3.8, 4) is 0 Å². The van der Waals surface area contributed by atoms with Crippen molar-refractivity contribution in [2.45, 2.75) is 58.6 Å². The minimum Gasteiger partial charge on any atom is -0.450 e. The van der Waals surface area contributed by atoms with E-state index < -0.39 is 6.04 Å². The van der Waals surface area contributed by atoms with Crippen molar-refractivity contribution in [3.63, 3.8) is 0 Å². The van der Waals surface area contributed by atoms with E-state index in [0.29, 0.717) is 35.6 Å². The van der Waals surface area contributed by atoms with Gasteiger partial charge in [-0.1, -0.05) is 38.1 Å². The van der Waals surface area contributed by atoms with Crippen LogP contribution in [-0.2, 0) is 4.74 Å². The van der Waals surface area contributed by atoms with E-state index in [1.165, 1.54) is 5.56 Å². The van der Waals surface area contributed by atoms with E-state index in [9.17, 15) is 9.59 Å². The third-order valence-corrected chi connectivity index (χ3v) is 6.93. The quantitative estimate of drug-likeness (QED) is 0.566. The molecule has 3 heterocycles. The van der Waals surface area contributed by atoms with Gasteiger partial charge in [-0.3, -0.25) is 9.59 Å². The maximum atomic E-state index is 13.7. The van der Waals surface area contributed by atoms with Gasteiger partial charge in [0.2, 0.25) is 5.76 Å². The van der Waals surface area contributed by atoms with Crippen LogP contribution in [0.2, 0.25) is 0 Å². The summed E-state index contributed by atoms with van der Waals surface area (Å²) in [5.74, 6) is 0.345. The summed E-state index contributed by atoms with van der Waals surface area (Å²) in [6.45, 7) is 9.43. The zero-order valence-corrected chi connectivity index (χ0v) is 19.1. The summed E-state index contributed by atoms with van der Waals surface area (Å²) in [5.41, 5.74) is 5.01. The largest absolute Gasteiger partial charge is 0.450 e. The van der Waals surface area contributed by atoms with Crippen LogP contribution in [0, 0.1) is 13.8 Å². The van der Waals surface area contributed by atoms with E-state index in [2.05, 4.69) is 26.0 Å². The highest BCUT2D eigenvalue weighted by molar-refractivity contribution is 5.99. The van der Waals surface area contributed by atoms with E-state index in [4.69, 9.17) is 9.15 Å². The Morgan fingerprint density at radius 2 is 1.78 bits per heavy atom. The molecule has 5 nitrogen and oxygen atoms in total. The van der Waals surface area contributed by atoms with Crippen molar-refractivity contribution < 1.29 is 13.9 Å². The molecular weight excluding hydrogens is 402 g/mol. The number of ether oxygens (including phenoxy) is 1. The predicted octanol–water partition coefficient (Wildman–Crippen LogP) is 5.26. The van der Waals surface area contributed by atoms with Crippen LogP contribution in [0.3, 0.4) is 0 Å². The molecule has 2 aromatic carbocycles. The second-order valence-corrected chi connectivity index (χ2v) is 9.42. The van der Waals surface area contributed by atoms with Gasteiger partial charge in [0.1, 0.15) is 5.58 Å². The van der Waals surface area contributed by atoms with Crippen molar-refractivity contribution in [1.29, 1.82) is 0 Å². The monoisotopic (exact) mass is 431 g/mol. The topological polar surface area (TPSA) is 59.8 Å². The molecule has 0 unspecified atom stereocenters. The summed E-state index contributed by atoms with van der Waals surface area (Å²) in [6.07, 6.45) is 1.90. The van der Waals surface area contributed by atoms with Crippen LogP contribution in [0.5, 0.6) is 0 Å². The first kappa shape index (κ1) is 21.0. The third kappa shape index (κ3) is 3.36. The van der Waals surface area contributed by atoms with Crippen molar-refractivity contribution >= 4 is 16.9 Å². The Morgan fingerprint density at radius 1 is 1.06 bits per heavy atom. The van der Waals surface area contributed by atoms with Crippen LogP contribution >= 0.6 is 0 Å². The molecular formula is C27H29NO4. The minimum atomic E-state index is -0.467. The molecule has 1 fully saturated rings. The summed E-state index contributed by atoms with van der Waals surface area (Å²) in [7, 11) is 0. The molecule has 0 saturated carbocycles. The Bertz CT molecular complexity index is 1250. The highest BCUT2D eigenvalue weighted by atomic mass is 16.5. The number of carbonyl (C=O) groups is 1. The smallest absolute Gasteiger partial charge is 0.291 e. The highest BCUT2D eigenvalue weighted by Gasteiger charge is 2.43. The third-order valence-electron chi connectivity index (χ3n) is 6.93. The molecule has 1 aromatic heterocycles. The summed E-state index contributed by atoms with van der Waals surface area (Å²) in [5, 5.41) is 0.530. The van der Waals surface area contributed by atoms with E-state index in [-0.39, 0.29) is 23.2 Å². The van der Waals surface area contributed by atoms with Gasteiger partial charge in [0.25, 0.3) is 5.91 Å². The first-order valence-corrected chi connectivity index (χ1v) is 11.5. The molecule has 2 aliphatic heterocycles. The van der Waals surface area contributed by atoms with Crippen LogP contribution in [0.1, 0.15) is 77.0 Å². The van der Waals surface area contributed by atoms with Crippen molar-refractivity contribution in [2.24, 2.45) is 0 Å². The number of hydrogen-bond donors (Lipinski definition) is 0. The average molecular weight is 432 g/mol. The molecule has 2 aliphatic rings. The van der Waals surface area contributed by atoms with E-state index in [0.717, 1.165) is 29.5 Å². The van der Waals surface area contributed by atoms with Gasteiger partial charge in [0.15, 0.2) is 5.43 Å². The standard InChI is InChI=1S/C27H29NO4/c1-15(2)18-7-9-19(10-8-18)24-23-25(29)21-12-16(3)17(4)13-22(21)32-26(23)27(30)28(24)14-20-6-5-11-31-20/h7-10,12-13,15,20,24H,5-6,11,14H2,1-4H3/t20-,24+/m0/s1. The lowest BCUT2D eigenvalue weighted by Gasteiger charge is -2.27. The molecule has 0 radical (unpaired) electrons. The normalized spacial score (nSPS) is 20.5. The zero-order valence-electron chi connectivity index (χ0n) is 19.1. The fourth-order valence-corrected chi connectivity index (χ4v) is 4.88. The lowest BCUT2D eigenvalue weighted by Crippen LogP contribution is -2.36. The Hall–Kier alpha value is -2.92. The fraction of sp³-hybridized carbons (Fsp3) is 0.407. The van der Waals surface area contributed by atoms with Gasteiger partial charge in [0.05, 0.1) is 23.1 Å². The van der Waals surface area contributed by atoms with Crippen LogP contribution in [0.4, 0.5) is 0 Å². The van der Waals surface area contributed by atoms with Gasteiger partial charge in [-0.05, 0) is 67.0 Å². The second kappa shape index (κ2) is 7.89. The Balaban J connectivity index is 1.69. The number of amides is 1. The molecule has 166 valence electrons. The Kier molecular flexibility index (Phi) is 5.17. The summed E-state index contributed by atoms with van der Waals surface area (Å²) in [4.78, 5) is 29.0. The number of nitrogens with zero attached hydrogens (tertiary/aromatic N) is 1. The number of aryl methyl sites for hydroxylation is 2. The molecule has 3 aromatic rings. The molecule has 32 heavy (non-hydrogen) atoms. The van der Waals surface area contributed by atoms with Gasteiger partial charge in [0, 0.05) is 13.2 Å². The first-order valence-electron chi connectivity index (χ1n) is 11.5. The highest BCUT2D eigenvalue weighted by Crippen LogP contribution is 2.39. The SMILES string of the molecule is Cc1cc2oc3c(c(=O)c2cc1C)[C@@H](c1ccc(C(C)C)cc1)N(C[C@@H]1CCCO1)C3=O. The number of fused-ring (bicyclic) bond motifs is 2. The van der Waals surface area contributed by atoms with Crippen molar-refractivity contribution in [3.05, 3.63) is 80.2 Å². The van der Waals surface area contributed by atoms with Crippen LogP contribution in [0.15, 0.2) is 45.6 Å². The number of rotatable bonds is 4. The Morgan fingerprint density at radius 3 is 2.44 bits per heavy atom. The van der Waals surface area contributed by atoms with Gasteiger partial charge in [-0.2, -0.15) is 0 Å². The molecule has 0 aliphatic carbocycles. The van der Waals surface area contributed by atoms with Crippen LogP contribution in [0.25, 0.3) is 11.0 Å². The Labute approximate surface area is 188 Å². The molecule has 1 saturated heterocycles. The molecule has 1 amide bonds. The zero-order chi connectivity index (χ0) is 22.6. The van der Waals surface area contributed by atoms with Gasteiger partial charge in [-0.15, -0.1) is 0 Å². The number of benzene rings is 2. The summed E-state index contributed by atoms with van der Waals surface area (Å²) >= 11 is 0. The van der Waals surface area contributed by atoms with Gasteiger partial charge >= 0.3 is 0 Å². The van der Waals surface area contributed by atoms with Gasteiger partial charge < -0.3 is 14.1 Å². The maximum Gasteiger partial charge on any atom is 0.291 e. The molecule has 0 N–H and O–H groups in total. The van der Waals surface area contributed by atoms with E-state index in [1.807, 2.05) is 38.1 Å². The van der Waals surface area contributed by atoms with Crippen LogP contribution < -0.4 is 5.43 Å². The maximum absolute atomic E-state index is 13.7. The predicted molar refractivity (Wildman–Crippen MR) is 124 cm³/mol. The minimum absolute atomic E-state index is 0.0142. The van der Waals surface area contributed by atoms with E-state index in [1.54, 1.807) is 4.90 Å². The van der Waals surface area contributed by atoms with Crippen molar-refractivity contribution in [1.82, 2.24) is 4.90 Å². The lowest BCUT2D eigenvalue weighted by molar-refractivity contribution is 0.0486. The van der Waals surface area contributed by atoms with Crippen molar-refractivity contribution in [2.75, 3.05) is 13.2 Å². The fourth-order valence-electron chi connectivity index (χ4n) is 4.88. The summed E-state index contributed by atoms with van der Waals surface area (Å²) in [6, 6.07) is 11.5. The number of hydrogen-bond acceptors (Lipinski definition) is 4. The lowest BCUT2D eigenvalue weighted by atomic mass is 9.94. The molecule has 5 rings (SSSR count). The molecule has 2 atom stereocenters. The van der Waals surface area contributed by atoms with Gasteiger partial charge in [-0.25, -0.2) is 0 Å². The second-order valence-electron chi connectivity index (χ2n) is 9.42. The summed E-state index contributed by atoms with van der Waals surface area (Å²) < 4.78 is 11.9. The molecule has 0 spiro atoms. The average Bonchev–Trinajstić information content (AvgIpc) is 3.38. The number of carbonyl (C=O) groups excluding carboxylic acids is 1. The van der Waals surface area contributed by atoms with E-state index >= 15 is 0 Å².